The zero-order valence-corrected chi connectivity index (χ0v) is 20.9. The van der Waals surface area contributed by atoms with E-state index in [4.69, 9.17) is 4.74 Å². The number of phenolic OH excluding ortho intramolecular Hbond substituents is 2. The van der Waals surface area contributed by atoms with Crippen LogP contribution in [0.25, 0.3) is 5.76 Å². The number of ketones is 1. The first-order valence-corrected chi connectivity index (χ1v) is 11.5. The number of nitrogens with zero attached hydrogens (tertiary/aromatic N) is 1. The third kappa shape index (κ3) is 4.28. The number of aromatic hydroxyl groups is 2. The van der Waals surface area contributed by atoms with Gasteiger partial charge in [-0.05, 0) is 65.9 Å². The van der Waals surface area contributed by atoms with Crippen molar-refractivity contribution < 1.29 is 29.6 Å². The van der Waals surface area contributed by atoms with Crippen molar-refractivity contribution in [2.75, 3.05) is 12.0 Å². The molecule has 1 atom stereocenters. The normalized spacial score (nSPS) is 17.5. The molecule has 1 amide bonds. The topological polar surface area (TPSA) is 107 Å². The van der Waals surface area contributed by atoms with Crippen LogP contribution in [0.15, 0.2) is 66.2 Å². The molecule has 0 radical (unpaired) electrons. The predicted octanol–water partition coefficient (Wildman–Crippen LogP) is 5.34. The highest BCUT2D eigenvalue weighted by Gasteiger charge is 2.47. The molecule has 3 N–H and O–H groups in total. The minimum atomic E-state index is -1.03. The lowest BCUT2D eigenvalue weighted by molar-refractivity contribution is -0.132. The zero-order valence-electron chi connectivity index (χ0n) is 20.9. The van der Waals surface area contributed by atoms with Gasteiger partial charge in [-0.1, -0.05) is 39.0 Å². The van der Waals surface area contributed by atoms with Crippen molar-refractivity contribution in [1.82, 2.24) is 0 Å². The maximum Gasteiger partial charge on any atom is 0.300 e. The summed E-state index contributed by atoms with van der Waals surface area (Å²) >= 11 is 0. The van der Waals surface area contributed by atoms with Gasteiger partial charge in [-0.2, -0.15) is 0 Å². The zero-order chi connectivity index (χ0) is 26.4. The Morgan fingerprint density at radius 3 is 2.22 bits per heavy atom. The van der Waals surface area contributed by atoms with Crippen LogP contribution in [0.1, 0.15) is 49.1 Å². The molecule has 4 rings (SSSR count). The molecular weight excluding hydrogens is 458 g/mol. The van der Waals surface area contributed by atoms with Gasteiger partial charge in [0.15, 0.2) is 0 Å². The average Bonchev–Trinajstić information content (AvgIpc) is 3.10. The summed E-state index contributed by atoms with van der Waals surface area (Å²) in [6.07, 6.45) is 0. The molecule has 0 bridgehead atoms. The van der Waals surface area contributed by atoms with Crippen molar-refractivity contribution in [2.24, 2.45) is 0 Å². The third-order valence-corrected chi connectivity index (χ3v) is 6.32. The Labute approximate surface area is 209 Å². The molecule has 0 aliphatic carbocycles. The summed E-state index contributed by atoms with van der Waals surface area (Å²) in [6, 6.07) is 14.9. The van der Waals surface area contributed by atoms with Crippen molar-refractivity contribution in [3.63, 3.8) is 0 Å². The summed E-state index contributed by atoms with van der Waals surface area (Å²) in [7, 11) is 1.56. The minimum absolute atomic E-state index is 0.0130. The number of hydrogen-bond donors (Lipinski definition) is 3. The molecule has 1 saturated heterocycles. The van der Waals surface area contributed by atoms with Gasteiger partial charge in [-0.25, -0.2) is 0 Å². The number of aliphatic hydroxyl groups excluding tert-OH is 1. The van der Waals surface area contributed by atoms with Gasteiger partial charge in [0, 0.05) is 11.1 Å². The van der Waals surface area contributed by atoms with Crippen molar-refractivity contribution >= 4 is 23.1 Å². The minimum Gasteiger partial charge on any atom is -0.508 e. The molecule has 0 spiro atoms. The fourth-order valence-electron chi connectivity index (χ4n) is 4.48. The largest absolute Gasteiger partial charge is 0.508 e. The summed E-state index contributed by atoms with van der Waals surface area (Å²) in [6.45, 7) is 7.82. The number of Topliss-reactive ketones (excluding diaryl/α,β-unsaturated/α-hetero) is 1. The summed E-state index contributed by atoms with van der Waals surface area (Å²) in [5.41, 5.74) is 2.16. The molecule has 3 aromatic carbocycles. The van der Waals surface area contributed by atoms with Crippen LogP contribution in [0, 0.1) is 6.92 Å². The van der Waals surface area contributed by atoms with E-state index in [2.05, 4.69) is 0 Å². The summed E-state index contributed by atoms with van der Waals surface area (Å²) in [4.78, 5) is 27.9. The van der Waals surface area contributed by atoms with Gasteiger partial charge in [0.2, 0.25) is 0 Å². The predicted molar refractivity (Wildman–Crippen MR) is 137 cm³/mol. The van der Waals surface area contributed by atoms with E-state index in [1.807, 2.05) is 20.8 Å². The van der Waals surface area contributed by atoms with E-state index in [1.165, 1.54) is 23.1 Å². The molecule has 7 heteroatoms. The van der Waals surface area contributed by atoms with Gasteiger partial charge in [0.05, 0.1) is 24.4 Å². The number of rotatable bonds is 4. The van der Waals surface area contributed by atoms with Gasteiger partial charge in [0.1, 0.15) is 23.0 Å². The molecular formula is C29H29NO6. The smallest absolute Gasteiger partial charge is 0.300 e. The number of carbonyl (C=O) groups excluding carboxylic acids is 2. The SMILES string of the molecule is COc1ccc(/C(O)=C2/C(=O)C(=O)N(c3cc(C)ccc3O)C2c2ccc(O)cc2)cc1C(C)(C)C. The van der Waals surface area contributed by atoms with Crippen LogP contribution in [-0.2, 0) is 15.0 Å². The lowest BCUT2D eigenvalue weighted by atomic mass is 9.84. The molecule has 1 fully saturated rings. The van der Waals surface area contributed by atoms with E-state index < -0.39 is 17.7 Å². The number of hydrogen-bond acceptors (Lipinski definition) is 6. The van der Waals surface area contributed by atoms with Crippen LogP contribution < -0.4 is 9.64 Å². The number of methoxy groups -OCH3 is 1. The number of phenols is 2. The van der Waals surface area contributed by atoms with E-state index in [0.717, 1.165) is 11.1 Å². The summed E-state index contributed by atoms with van der Waals surface area (Å²) in [5, 5.41) is 31.9. The Bertz CT molecular complexity index is 1380. The molecule has 186 valence electrons. The first-order chi connectivity index (χ1) is 16.9. The maximum absolute atomic E-state index is 13.4. The number of aryl methyl sites for hydroxylation is 1. The Morgan fingerprint density at radius 2 is 1.61 bits per heavy atom. The number of ether oxygens (including phenoxy) is 1. The number of carbonyl (C=O) groups is 2. The van der Waals surface area contributed by atoms with Gasteiger partial charge < -0.3 is 20.1 Å². The Balaban J connectivity index is 1.99. The van der Waals surface area contributed by atoms with E-state index in [9.17, 15) is 24.9 Å². The summed E-state index contributed by atoms with van der Waals surface area (Å²) in [5.74, 6) is -1.61. The number of benzene rings is 3. The maximum atomic E-state index is 13.4. The highest BCUT2D eigenvalue weighted by molar-refractivity contribution is 6.52. The molecule has 7 nitrogen and oxygen atoms in total. The van der Waals surface area contributed by atoms with Crippen LogP contribution in [-0.4, -0.2) is 34.1 Å². The van der Waals surface area contributed by atoms with E-state index in [1.54, 1.807) is 56.5 Å². The monoisotopic (exact) mass is 487 g/mol. The van der Waals surface area contributed by atoms with Gasteiger partial charge in [0.25, 0.3) is 11.7 Å². The van der Waals surface area contributed by atoms with E-state index in [0.29, 0.717) is 16.9 Å². The Kier molecular flexibility index (Phi) is 6.26. The molecule has 3 aromatic rings. The van der Waals surface area contributed by atoms with Crippen molar-refractivity contribution in [3.05, 3.63) is 88.5 Å². The molecule has 1 aliphatic heterocycles. The molecule has 1 aliphatic rings. The fraction of sp³-hybridized carbons (Fsp3) is 0.241. The Morgan fingerprint density at radius 1 is 0.944 bits per heavy atom. The second-order valence-electron chi connectivity index (χ2n) is 9.92. The quantitative estimate of drug-likeness (QED) is 0.261. The van der Waals surface area contributed by atoms with E-state index in [-0.39, 0.29) is 33.9 Å². The number of amides is 1. The Hall–Kier alpha value is -4.26. The van der Waals surface area contributed by atoms with Crippen LogP contribution in [0.2, 0.25) is 0 Å². The van der Waals surface area contributed by atoms with Crippen molar-refractivity contribution in [1.29, 1.82) is 0 Å². The van der Waals surface area contributed by atoms with Gasteiger partial charge >= 0.3 is 0 Å². The molecule has 0 aromatic heterocycles. The van der Waals surface area contributed by atoms with Crippen molar-refractivity contribution in [2.45, 2.75) is 39.2 Å². The third-order valence-electron chi connectivity index (χ3n) is 6.32. The molecule has 0 saturated carbocycles. The number of anilines is 1. The van der Waals surface area contributed by atoms with Crippen LogP contribution in [0.4, 0.5) is 5.69 Å². The second-order valence-corrected chi connectivity index (χ2v) is 9.92. The first-order valence-electron chi connectivity index (χ1n) is 11.5. The molecule has 36 heavy (non-hydrogen) atoms. The van der Waals surface area contributed by atoms with Crippen LogP contribution in [0.5, 0.6) is 17.2 Å². The fourth-order valence-corrected chi connectivity index (χ4v) is 4.48. The highest BCUT2D eigenvalue weighted by Crippen LogP contribution is 2.45. The number of aliphatic hydroxyl groups is 1. The van der Waals surface area contributed by atoms with Crippen molar-refractivity contribution in [3.8, 4) is 17.2 Å². The van der Waals surface area contributed by atoms with Crippen LogP contribution >= 0.6 is 0 Å². The lowest BCUT2D eigenvalue weighted by Crippen LogP contribution is -2.29. The molecule has 1 heterocycles. The second kappa shape index (κ2) is 9.07. The summed E-state index contributed by atoms with van der Waals surface area (Å²) < 4.78 is 5.49. The first kappa shape index (κ1) is 24.9. The highest BCUT2D eigenvalue weighted by atomic mass is 16.5. The lowest BCUT2D eigenvalue weighted by Gasteiger charge is -2.26. The van der Waals surface area contributed by atoms with Gasteiger partial charge in [-0.3, -0.25) is 14.5 Å². The standard InChI is InChI=1S/C29H29NO6/c1-16-6-12-22(32)21(14-16)30-25(17-7-10-19(31)11-8-17)24(27(34)28(30)35)26(33)18-9-13-23(36-5)20(15-18)29(2,3)4/h6-15,25,31-33H,1-5H3/b26-24-. The van der Waals surface area contributed by atoms with Crippen LogP contribution in [0.3, 0.4) is 0 Å². The van der Waals surface area contributed by atoms with Gasteiger partial charge in [-0.15, -0.1) is 0 Å². The molecule has 1 unspecified atom stereocenters. The average molecular weight is 488 g/mol. The van der Waals surface area contributed by atoms with E-state index >= 15 is 0 Å².